The van der Waals surface area contributed by atoms with Crippen molar-refractivity contribution in [3.63, 3.8) is 0 Å². The van der Waals surface area contributed by atoms with E-state index in [9.17, 15) is 18.0 Å². The predicted molar refractivity (Wildman–Crippen MR) is 248 cm³/mol. The molecule has 6 aromatic rings. The SMILES string of the molecule is CCCCN(CCCC)C(=O)c1nn(-c2ccc(C(=O)NS(=O)(=O)c3ccc4ccccc4c3)cc2C(=O)N2Cc3ccccc3CC2COCCOCc2ccccc2)c(C)c1Cl. The Morgan fingerprint density at radius 1 is 0.812 bits per heavy atom. The molecule has 0 fully saturated rings. The van der Waals surface area contributed by atoms with E-state index < -0.39 is 27.9 Å². The molecule has 1 aliphatic heterocycles. The molecule has 7 rings (SSSR count). The highest BCUT2D eigenvalue weighted by molar-refractivity contribution is 7.90. The predicted octanol–water partition coefficient (Wildman–Crippen LogP) is 8.95. The van der Waals surface area contributed by atoms with Crippen LogP contribution in [0, 0.1) is 6.92 Å². The summed E-state index contributed by atoms with van der Waals surface area (Å²) in [4.78, 5) is 46.7. The van der Waals surface area contributed by atoms with Gasteiger partial charge in [-0.15, -0.1) is 0 Å². The third kappa shape index (κ3) is 10.7. The van der Waals surface area contributed by atoms with Gasteiger partial charge in [-0.1, -0.05) is 123 Å². The summed E-state index contributed by atoms with van der Waals surface area (Å²) in [7, 11) is -4.33. The quantitative estimate of drug-likeness (QED) is 0.0796. The van der Waals surface area contributed by atoms with Crippen LogP contribution in [0.4, 0.5) is 0 Å². The van der Waals surface area contributed by atoms with Gasteiger partial charge in [-0.3, -0.25) is 14.4 Å². The number of carbonyl (C=O) groups excluding carboxylic acids is 3. The van der Waals surface area contributed by atoms with Crippen molar-refractivity contribution >= 4 is 50.1 Å². The van der Waals surface area contributed by atoms with Crippen LogP contribution in [0.5, 0.6) is 0 Å². The minimum Gasteiger partial charge on any atom is -0.377 e. The molecule has 0 bridgehead atoms. The topological polar surface area (TPSA) is 140 Å². The zero-order valence-corrected chi connectivity index (χ0v) is 38.0. The highest BCUT2D eigenvalue weighted by Crippen LogP contribution is 2.31. The van der Waals surface area contributed by atoms with Crippen LogP contribution < -0.4 is 4.72 Å². The molecule has 1 aromatic heterocycles. The minimum absolute atomic E-state index is 0.0562. The number of benzene rings is 5. The maximum Gasteiger partial charge on any atom is 0.275 e. The third-order valence-electron chi connectivity index (χ3n) is 11.5. The summed E-state index contributed by atoms with van der Waals surface area (Å²) in [6.07, 6.45) is 3.94. The lowest BCUT2D eigenvalue weighted by molar-refractivity contribution is 0.00963. The summed E-state index contributed by atoms with van der Waals surface area (Å²) in [5, 5.41) is 6.44. The summed E-state index contributed by atoms with van der Waals surface area (Å²) in [5.41, 5.74) is 3.81. The number of unbranched alkanes of at least 4 members (excludes halogenated alkanes) is 2. The lowest BCUT2D eigenvalue weighted by atomic mass is 9.93. The number of nitrogens with zero attached hydrogens (tertiary/aromatic N) is 4. The fraction of sp³-hybridized carbons (Fsp3) is 0.320. The molecule has 0 radical (unpaired) electrons. The van der Waals surface area contributed by atoms with Crippen LogP contribution in [0.25, 0.3) is 16.5 Å². The maximum absolute atomic E-state index is 15.2. The fourth-order valence-electron chi connectivity index (χ4n) is 7.86. The van der Waals surface area contributed by atoms with Crippen LogP contribution >= 0.6 is 11.6 Å². The van der Waals surface area contributed by atoms with E-state index >= 15 is 4.79 Å². The first-order valence-electron chi connectivity index (χ1n) is 21.8. The molecule has 3 amide bonds. The van der Waals surface area contributed by atoms with Gasteiger partial charge in [0, 0.05) is 25.2 Å². The molecule has 1 unspecified atom stereocenters. The molecule has 64 heavy (non-hydrogen) atoms. The Balaban J connectivity index is 1.23. The average molecular weight is 905 g/mol. The molecule has 0 saturated heterocycles. The van der Waals surface area contributed by atoms with E-state index in [0.717, 1.165) is 47.8 Å². The second kappa shape index (κ2) is 21.2. The van der Waals surface area contributed by atoms with Gasteiger partial charge in [-0.2, -0.15) is 5.10 Å². The summed E-state index contributed by atoms with van der Waals surface area (Å²) in [6.45, 7) is 8.48. The second-order valence-corrected chi connectivity index (χ2v) is 18.1. The molecule has 12 nitrogen and oxygen atoms in total. The maximum atomic E-state index is 15.2. The van der Waals surface area contributed by atoms with Crippen molar-refractivity contribution in [2.75, 3.05) is 32.9 Å². The Kier molecular flexibility index (Phi) is 15.3. The van der Waals surface area contributed by atoms with Crippen molar-refractivity contribution in [3.8, 4) is 5.69 Å². The Hall–Kier alpha value is -5.86. The fourth-order valence-corrected chi connectivity index (χ4v) is 9.06. The van der Waals surface area contributed by atoms with Crippen molar-refractivity contribution in [1.29, 1.82) is 0 Å². The van der Waals surface area contributed by atoms with Gasteiger partial charge < -0.3 is 19.3 Å². The van der Waals surface area contributed by atoms with Gasteiger partial charge in [0.15, 0.2) is 5.69 Å². The van der Waals surface area contributed by atoms with Crippen LogP contribution in [0.1, 0.15) is 93.1 Å². The smallest absolute Gasteiger partial charge is 0.275 e. The Labute approximate surface area is 380 Å². The zero-order chi connectivity index (χ0) is 45.2. The minimum atomic E-state index is -4.33. The molecule has 14 heteroatoms. The van der Waals surface area contributed by atoms with Crippen molar-refractivity contribution < 1.29 is 32.3 Å². The number of nitrogens with one attached hydrogen (secondary N) is 1. The number of halogens is 1. The summed E-state index contributed by atoms with van der Waals surface area (Å²) in [6, 6.07) is 33.6. The molecule has 1 aliphatic rings. The van der Waals surface area contributed by atoms with Gasteiger partial charge >= 0.3 is 0 Å². The van der Waals surface area contributed by atoms with Crippen molar-refractivity contribution in [2.24, 2.45) is 0 Å². The van der Waals surface area contributed by atoms with Gasteiger partial charge in [0.25, 0.3) is 27.7 Å². The second-order valence-electron chi connectivity index (χ2n) is 16.0. The molecule has 0 saturated carbocycles. The Morgan fingerprint density at radius 2 is 1.48 bits per heavy atom. The summed E-state index contributed by atoms with van der Waals surface area (Å²) < 4.78 is 43.0. The van der Waals surface area contributed by atoms with Crippen LogP contribution in [0.2, 0.25) is 5.02 Å². The molecule has 2 heterocycles. The molecule has 1 N–H and O–H groups in total. The van der Waals surface area contributed by atoms with E-state index in [-0.39, 0.29) is 51.5 Å². The lowest BCUT2D eigenvalue weighted by Crippen LogP contribution is -2.47. The molecule has 334 valence electrons. The van der Waals surface area contributed by atoms with Gasteiger partial charge in [0.1, 0.15) is 0 Å². The molecular formula is C50H54ClN5O7S. The number of hydrogen-bond acceptors (Lipinski definition) is 8. The first kappa shape index (κ1) is 46.1. The number of rotatable bonds is 19. The zero-order valence-electron chi connectivity index (χ0n) is 36.5. The van der Waals surface area contributed by atoms with E-state index in [1.165, 1.54) is 35.0 Å². The normalized spacial score (nSPS) is 13.8. The highest BCUT2D eigenvalue weighted by Gasteiger charge is 2.34. The summed E-state index contributed by atoms with van der Waals surface area (Å²) >= 11 is 6.92. The van der Waals surface area contributed by atoms with E-state index in [2.05, 4.69) is 18.6 Å². The van der Waals surface area contributed by atoms with Crippen molar-refractivity contribution in [2.45, 2.75) is 77.0 Å². The van der Waals surface area contributed by atoms with Crippen LogP contribution in [-0.2, 0) is 39.1 Å². The number of hydrogen-bond donors (Lipinski definition) is 1. The first-order valence-corrected chi connectivity index (χ1v) is 23.7. The monoisotopic (exact) mass is 903 g/mol. The number of fused-ring (bicyclic) bond motifs is 2. The third-order valence-corrected chi connectivity index (χ3v) is 13.3. The van der Waals surface area contributed by atoms with Gasteiger partial charge in [-0.25, -0.2) is 17.8 Å². The Bertz CT molecular complexity index is 2720. The largest absolute Gasteiger partial charge is 0.377 e. The van der Waals surface area contributed by atoms with Crippen molar-refractivity contribution in [3.05, 3.63) is 159 Å². The first-order chi connectivity index (χ1) is 31.0. The molecule has 5 aromatic carbocycles. The van der Waals surface area contributed by atoms with Crippen LogP contribution in [0.3, 0.4) is 0 Å². The van der Waals surface area contributed by atoms with E-state index in [1.807, 2.05) is 66.7 Å². The number of amides is 3. The molecule has 1 atom stereocenters. The van der Waals surface area contributed by atoms with E-state index in [0.29, 0.717) is 50.4 Å². The number of ether oxygens (including phenoxy) is 2. The molecule has 0 spiro atoms. The van der Waals surface area contributed by atoms with E-state index in [4.69, 9.17) is 26.2 Å². The van der Waals surface area contributed by atoms with Gasteiger partial charge in [0.05, 0.1) is 59.3 Å². The Morgan fingerprint density at radius 3 is 2.22 bits per heavy atom. The van der Waals surface area contributed by atoms with Crippen LogP contribution in [0.15, 0.2) is 120 Å². The van der Waals surface area contributed by atoms with Gasteiger partial charge in [-0.05, 0) is 84.0 Å². The molecule has 0 aliphatic carbocycles. The number of aromatic nitrogens is 2. The van der Waals surface area contributed by atoms with E-state index in [1.54, 1.807) is 34.9 Å². The highest BCUT2D eigenvalue weighted by atomic mass is 35.5. The molecular weight excluding hydrogens is 850 g/mol. The number of sulfonamides is 1. The van der Waals surface area contributed by atoms with Gasteiger partial charge in [0.2, 0.25) is 0 Å². The average Bonchev–Trinajstić information content (AvgIpc) is 3.61. The standard InChI is InChI=1S/C50H54ClN5O7S/c1-4-6-25-54(26-7-5-2)50(59)47-46(51)35(3)56(52-47)45-24-22-40(48(57)53-64(60,61)43-23-21-37-17-11-12-19-39(37)30-43)31-44(45)49(58)55-32-41-20-14-13-18-38(41)29-42(55)34-63-28-27-62-33-36-15-9-8-10-16-36/h8-24,30-31,42H,4-7,25-29,32-34H2,1-3H3,(H,53,57). The van der Waals surface area contributed by atoms with Crippen molar-refractivity contribution in [1.82, 2.24) is 24.3 Å². The number of carbonyl (C=O) groups is 3. The summed E-state index contributed by atoms with van der Waals surface area (Å²) in [5.74, 6) is -1.69. The lowest BCUT2D eigenvalue weighted by Gasteiger charge is -2.37. The van der Waals surface area contributed by atoms with Crippen LogP contribution in [-0.4, -0.2) is 84.7 Å².